The molecule has 0 bridgehead atoms. The van der Waals surface area contributed by atoms with Gasteiger partial charge >= 0.3 is 0 Å². The third-order valence-electron chi connectivity index (χ3n) is 4.37. The predicted octanol–water partition coefficient (Wildman–Crippen LogP) is 2.40. The Hall–Kier alpha value is -2.61. The summed E-state index contributed by atoms with van der Waals surface area (Å²) in [6.07, 6.45) is 4.41. The van der Waals surface area contributed by atoms with Gasteiger partial charge in [0.1, 0.15) is 11.4 Å². The molecule has 0 aromatic carbocycles. The topological polar surface area (TPSA) is 78.8 Å². The van der Waals surface area contributed by atoms with Gasteiger partial charge in [-0.1, -0.05) is 0 Å². The van der Waals surface area contributed by atoms with Crippen molar-refractivity contribution < 1.29 is 4.79 Å². The lowest BCUT2D eigenvalue weighted by molar-refractivity contribution is 0.0945. The molecule has 0 unspecified atom stereocenters. The molecule has 1 fully saturated rings. The number of carbonyl (C=O) groups excluding carboxylic acids is 1. The van der Waals surface area contributed by atoms with Crippen LogP contribution in [0, 0.1) is 0 Å². The first-order valence-corrected chi connectivity index (χ1v) is 9.23. The number of aromatic nitrogens is 4. The molecule has 4 heterocycles. The Bertz CT molecular complexity index is 873. The third-order valence-corrected chi connectivity index (χ3v) is 5.33. The molecule has 7 nitrogen and oxygen atoms in total. The number of thiazole rings is 1. The van der Waals surface area contributed by atoms with Crippen molar-refractivity contribution in [1.29, 1.82) is 0 Å². The van der Waals surface area contributed by atoms with Crippen molar-refractivity contribution in [3.05, 3.63) is 41.2 Å². The summed E-state index contributed by atoms with van der Waals surface area (Å²) < 4.78 is 1.97. The molecule has 0 saturated carbocycles. The van der Waals surface area contributed by atoms with Gasteiger partial charge in [-0.05, 0) is 31.0 Å². The van der Waals surface area contributed by atoms with E-state index in [-0.39, 0.29) is 5.91 Å². The van der Waals surface area contributed by atoms with Crippen molar-refractivity contribution in [3.8, 4) is 11.4 Å². The van der Waals surface area contributed by atoms with Crippen LogP contribution in [0.25, 0.3) is 11.4 Å². The van der Waals surface area contributed by atoms with Gasteiger partial charge in [-0.25, -0.2) is 4.98 Å². The fraction of sp³-hybridized carbons (Fsp3) is 0.353. The minimum absolute atomic E-state index is 0.177. The quantitative estimate of drug-likeness (QED) is 0.736. The van der Waals surface area contributed by atoms with Gasteiger partial charge in [-0.2, -0.15) is 5.10 Å². The Balaban J connectivity index is 1.38. The van der Waals surface area contributed by atoms with E-state index in [0.717, 1.165) is 35.3 Å². The van der Waals surface area contributed by atoms with Crippen LogP contribution in [0.15, 0.2) is 29.8 Å². The van der Waals surface area contributed by atoms with Gasteiger partial charge in [0.25, 0.3) is 5.91 Å². The molecule has 2 N–H and O–H groups in total. The molecular weight excluding hydrogens is 336 g/mol. The monoisotopic (exact) mass is 356 g/mol. The van der Waals surface area contributed by atoms with Crippen molar-refractivity contribution in [2.45, 2.75) is 19.4 Å². The van der Waals surface area contributed by atoms with Crippen molar-refractivity contribution in [2.75, 3.05) is 18.0 Å². The first-order chi connectivity index (χ1) is 12.2. The largest absolute Gasteiger partial charge is 0.349 e. The van der Waals surface area contributed by atoms with Crippen molar-refractivity contribution >= 4 is 22.4 Å². The van der Waals surface area contributed by atoms with E-state index in [0.29, 0.717) is 12.2 Å². The second-order valence-corrected chi connectivity index (χ2v) is 7.01. The molecule has 3 aromatic heterocycles. The average molecular weight is 356 g/mol. The highest BCUT2D eigenvalue weighted by Gasteiger charge is 2.16. The SMILES string of the molecule is Cn1cccc1-c1cc(C(=O)NCc2csc(N3CCCC3)n2)[nH]n1. The number of H-pyrrole nitrogens is 1. The summed E-state index contributed by atoms with van der Waals surface area (Å²) in [5.74, 6) is -0.177. The van der Waals surface area contributed by atoms with E-state index in [1.54, 1.807) is 17.4 Å². The molecule has 0 atom stereocenters. The zero-order valence-electron chi connectivity index (χ0n) is 14.0. The van der Waals surface area contributed by atoms with E-state index in [2.05, 4.69) is 25.4 Å². The smallest absolute Gasteiger partial charge is 0.269 e. The number of amides is 1. The molecule has 0 aliphatic carbocycles. The summed E-state index contributed by atoms with van der Waals surface area (Å²) in [5.41, 5.74) is 3.06. The number of rotatable bonds is 5. The maximum absolute atomic E-state index is 12.3. The van der Waals surface area contributed by atoms with Gasteiger partial charge in [0.15, 0.2) is 5.13 Å². The molecule has 0 spiro atoms. The van der Waals surface area contributed by atoms with Crippen molar-refractivity contribution in [3.63, 3.8) is 0 Å². The maximum atomic E-state index is 12.3. The molecule has 1 saturated heterocycles. The number of aryl methyl sites for hydroxylation is 1. The molecule has 8 heteroatoms. The van der Waals surface area contributed by atoms with Gasteiger partial charge in [0, 0.05) is 31.7 Å². The van der Waals surface area contributed by atoms with Crippen LogP contribution < -0.4 is 10.2 Å². The van der Waals surface area contributed by atoms with E-state index >= 15 is 0 Å². The third kappa shape index (κ3) is 3.30. The Labute approximate surface area is 149 Å². The first-order valence-electron chi connectivity index (χ1n) is 8.35. The molecule has 4 rings (SSSR count). The van der Waals surface area contributed by atoms with Crippen LogP contribution in [0.4, 0.5) is 5.13 Å². The number of aromatic amines is 1. The van der Waals surface area contributed by atoms with Crippen LogP contribution in [-0.4, -0.2) is 38.7 Å². The minimum atomic E-state index is -0.177. The Kier molecular flexibility index (Phi) is 4.27. The molecule has 1 aliphatic heterocycles. The molecular formula is C17H20N6OS. The summed E-state index contributed by atoms with van der Waals surface area (Å²) in [4.78, 5) is 19.2. The van der Waals surface area contributed by atoms with Crippen molar-refractivity contribution in [2.24, 2.45) is 7.05 Å². The highest BCUT2D eigenvalue weighted by atomic mass is 32.1. The second-order valence-electron chi connectivity index (χ2n) is 6.17. The van der Waals surface area contributed by atoms with E-state index in [1.165, 1.54) is 12.8 Å². The maximum Gasteiger partial charge on any atom is 0.269 e. The number of hydrogen-bond donors (Lipinski definition) is 2. The minimum Gasteiger partial charge on any atom is -0.349 e. The van der Waals surface area contributed by atoms with E-state index < -0.39 is 0 Å². The molecule has 1 aliphatic rings. The molecule has 25 heavy (non-hydrogen) atoms. The van der Waals surface area contributed by atoms with Crippen molar-refractivity contribution in [1.82, 2.24) is 25.1 Å². The number of anilines is 1. The number of hydrogen-bond acceptors (Lipinski definition) is 5. The zero-order valence-corrected chi connectivity index (χ0v) is 14.8. The van der Waals surface area contributed by atoms with Gasteiger partial charge in [-0.15, -0.1) is 11.3 Å². The normalized spacial score (nSPS) is 14.2. The number of carbonyl (C=O) groups is 1. The van der Waals surface area contributed by atoms with Crippen LogP contribution in [-0.2, 0) is 13.6 Å². The Morgan fingerprint density at radius 1 is 1.40 bits per heavy atom. The van der Waals surface area contributed by atoms with Crippen LogP contribution >= 0.6 is 11.3 Å². The second kappa shape index (κ2) is 6.72. The molecule has 1 amide bonds. The number of nitrogens with zero attached hydrogens (tertiary/aromatic N) is 4. The van der Waals surface area contributed by atoms with Gasteiger partial charge in [0.05, 0.1) is 17.9 Å². The lowest BCUT2D eigenvalue weighted by Crippen LogP contribution is -2.23. The standard InChI is InChI=1S/C17H20N6OS/c1-22-6-4-5-15(22)13-9-14(21-20-13)16(24)18-10-12-11-25-17(19-12)23-7-2-3-8-23/h4-6,9,11H,2-3,7-8,10H2,1H3,(H,18,24)(H,20,21). The Morgan fingerprint density at radius 3 is 3.00 bits per heavy atom. The predicted molar refractivity (Wildman–Crippen MR) is 97.7 cm³/mol. The van der Waals surface area contributed by atoms with Gasteiger partial charge in [0.2, 0.25) is 0 Å². The average Bonchev–Trinajstić information content (AvgIpc) is 3.37. The summed E-state index contributed by atoms with van der Waals surface area (Å²) in [6.45, 7) is 2.58. The molecule has 130 valence electrons. The highest BCUT2D eigenvalue weighted by Crippen LogP contribution is 2.24. The summed E-state index contributed by atoms with van der Waals surface area (Å²) in [5, 5.41) is 13.0. The first kappa shape index (κ1) is 15.9. The number of nitrogens with one attached hydrogen (secondary N) is 2. The van der Waals surface area contributed by atoms with Gasteiger partial charge < -0.3 is 14.8 Å². The fourth-order valence-corrected chi connectivity index (χ4v) is 3.87. The van der Waals surface area contributed by atoms with Crippen LogP contribution in [0.1, 0.15) is 29.0 Å². The van der Waals surface area contributed by atoms with E-state index in [4.69, 9.17) is 0 Å². The fourth-order valence-electron chi connectivity index (χ4n) is 2.99. The Morgan fingerprint density at radius 2 is 2.24 bits per heavy atom. The lowest BCUT2D eigenvalue weighted by Gasteiger charge is -2.12. The highest BCUT2D eigenvalue weighted by molar-refractivity contribution is 7.13. The molecule has 0 radical (unpaired) electrons. The summed E-state index contributed by atoms with van der Waals surface area (Å²) >= 11 is 1.64. The van der Waals surface area contributed by atoms with Crippen LogP contribution in [0.5, 0.6) is 0 Å². The summed E-state index contributed by atoms with van der Waals surface area (Å²) in [6, 6.07) is 5.68. The molecule has 3 aromatic rings. The van der Waals surface area contributed by atoms with Gasteiger partial charge in [-0.3, -0.25) is 9.89 Å². The van der Waals surface area contributed by atoms with Crippen LogP contribution in [0.3, 0.4) is 0 Å². The van der Waals surface area contributed by atoms with E-state index in [9.17, 15) is 4.79 Å². The summed E-state index contributed by atoms with van der Waals surface area (Å²) in [7, 11) is 1.95. The lowest BCUT2D eigenvalue weighted by atomic mass is 10.2. The zero-order chi connectivity index (χ0) is 17.2. The van der Waals surface area contributed by atoms with Crippen LogP contribution in [0.2, 0.25) is 0 Å². The van der Waals surface area contributed by atoms with E-state index in [1.807, 2.05) is 35.3 Å².